The predicted molar refractivity (Wildman–Crippen MR) is 110 cm³/mol. The van der Waals surface area contributed by atoms with Gasteiger partial charge in [0.1, 0.15) is 5.75 Å². The maximum Gasteiger partial charge on any atom is 0.273 e. The molecule has 1 heterocycles. The molecule has 8 nitrogen and oxygen atoms in total. The molecule has 1 N–H and O–H groups in total. The van der Waals surface area contributed by atoms with E-state index < -0.39 is 4.92 Å². The maximum atomic E-state index is 12.4. The highest BCUT2D eigenvalue weighted by Crippen LogP contribution is 2.24. The third-order valence-electron chi connectivity index (χ3n) is 5.07. The van der Waals surface area contributed by atoms with Crippen LogP contribution >= 0.6 is 0 Å². The van der Waals surface area contributed by atoms with E-state index in [4.69, 9.17) is 4.74 Å². The quantitative estimate of drug-likeness (QED) is 0.542. The Morgan fingerprint density at radius 1 is 1.10 bits per heavy atom. The Balaban J connectivity index is 1.42. The Morgan fingerprint density at radius 3 is 2.45 bits per heavy atom. The number of ether oxygens (including phenoxy) is 1. The van der Waals surface area contributed by atoms with Crippen molar-refractivity contribution in [2.75, 3.05) is 46.4 Å². The molecule has 2 aromatic carbocycles. The summed E-state index contributed by atoms with van der Waals surface area (Å²) in [5.74, 6) is -0.0920. The van der Waals surface area contributed by atoms with Crippen LogP contribution in [-0.2, 0) is 6.54 Å². The van der Waals surface area contributed by atoms with Gasteiger partial charge in [-0.3, -0.25) is 24.7 Å². The number of amides is 1. The molecule has 8 heteroatoms. The van der Waals surface area contributed by atoms with Crippen molar-refractivity contribution in [3.05, 3.63) is 69.8 Å². The second-order valence-electron chi connectivity index (χ2n) is 7.00. The van der Waals surface area contributed by atoms with Crippen molar-refractivity contribution in [1.82, 2.24) is 15.1 Å². The van der Waals surface area contributed by atoms with Gasteiger partial charge in [0.2, 0.25) is 0 Å². The number of nitro groups is 1. The normalized spacial score (nSPS) is 15.1. The second kappa shape index (κ2) is 9.99. The average Bonchev–Trinajstić information content (AvgIpc) is 2.75. The molecule has 0 saturated carbocycles. The zero-order valence-corrected chi connectivity index (χ0v) is 16.5. The lowest BCUT2D eigenvalue weighted by molar-refractivity contribution is -0.384. The molecule has 0 bridgehead atoms. The number of piperazine rings is 1. The number of nitrogens with zero attached hydrogens (tertiary/aromatic N) is 3. The molecule has 1 saturated heterocycles. The van der Waals surface area contributed by atoms with Gasteiger partial charge in [-0.1, -0.05) is 30.3 Å². The van der Waals surface area contributed by atoms with Crippen LogP contribution in [0.5, 0.6) is 5.75 Å². The van der Waals surface area contributed by atoms with Crippen molar-refractivity contribution in [3.8, 4) is 5.75 Å². The van der Waals surface area contributed by atoms with Crippen LogP contribution in [0.2, 0.25) is 0 Å². The number of nitro benzene ring substituents is 1. The monoisotopic (exact) mass is 398 g/mol. The molecule has 0 unspecified atom stereocenters. The number of nitrogens with one attached hydrogen (secondary N) is 1. The first-order chi connectivity index (χ1) is 14.1. The van der Waals surface area contributed by atoms with E-state index in [1.807, 2.05) is 6.07 Å². The number of benzene rings is 2. The van der Waals surface area contributed by atoms with Crippen molar-refractivity contribution >= 4 is 11.6 Å². The molecule has 1 amide bonds. The number of rotatable bonds is 8. The first-order valence-electron chi connectivity index (χ1n) is 9.66. The molecule has 1 aliphatic heterocycles. The number of non-ortho nitro benzene ring substituents is 1. The Bertz CT molecular complexity index is 836. The van der Waals surface area contributed by atoms with Crippen molar-refractivity contribution in [2.45, 2.75) is 6.54 Å². The van der Waals surface area contributed by atoms with Gasteiger partial charge in [-0.15, -0.1) is 0 Å². The topological polar surface area (TPSA) is 87.9 Å². The molecule has 2 aromatic rings. The summed E-state index contributed by atoms with van der Waals surface area (Å²) >= 11 is 0. The highest BCUT2D eigenvalue weighted by Gasteiger charge is 2.19. The Kier molecular flexibility index (Phi) is 7.15. The number of carbonyl (C=O) groups is 1. The zero-order valence-electron chi connectivity index (χ0n) is 16.5. The minimum atomic E-state index is -0.512. The molecule has 154 valence electrons. The maximum absolute atomic E-state index is 12.4. The summed E-state index contributed by atoms with van der Waals surface area (Å²) in [5, 5.41) is 13.7. The second-order valence-corrected chi connectivity index (χ2v) is 7.00. The molecule has 29 heavy (non-hydrogen) atoms. The summed E-state index contributed by atoms with van der Waals surface area (Å²) in [4.78, 5) is 27.5. The molecule has 0 atom stereocenters. The van der Waals surface area contributed by atoms with Gasteiger partial charge in [0, 0.05) is 51.9 Å². The van der Waals surface area contributed by atoms with E-state index in [0.717, 1.165) is 39.3 Å². The molecule has 0 spiro atoms. The summed E-state index contributed by atoms with van der Waals surface area (Å²) in [5.41, 5.74) is 1.52. The van der Waals surface area contributed by atoms with E-state index in [2.05, 4.69) is 39.4 Å². The fourth-order valence-corrected chi connectivity index (χ4v) is 3.42. The van der Waals surface area contributed by atoms with Crippen molar-refractivity contribution in [1.29, 1.82) is 0 Å². The van der Waals surface area contributed by atoms with Crippen LogP contribution in [0.1, 0.15) is 15.9 Å². The Morgan fingerprint density at radius 2 is 1.79 bits per heavy atom. The highest BCUT2D eigenvalue weighted by molar-refractivity contribution is 5.97. The van der Waals surface area contributed by atoms with E-state index in [-0.39, 0.29) is 17.3 Å². The van der Waals surface area contributed by atoms with Crippen LogP contribution in [0.15, 0.2) is 48.5 Å². The molecular weight excluding hydrogens is 372 g/mol. The van der Waals surface area contributed by atoms with E-state index in [0.29, 0.717) is 12.1 Å². The Labute approximate surface area is 170 Å². The summed E-state index contributed by atoms with van der Waals surface area (Å²) in [6.45, 7) is 6.16. The van der Waals surface area contributed by atoms with Gasteiger partial charge < -0.3 is 10.1 Å². The minimum absolute atomic E-state index is 0.105. The number of carbonyl (C=O) groups excluding carboxylic acids is 1. The first kappa shape index (κ1) is 20.8. The van der Waals surface area contributed by atoms with Gasteiger partial charge in [0.15, 0.2) is 0 Å². The molecule has 0 aromatic heterocycles. The van der Waals surface area contributed by atoms with Gasteiger partial charge in [-0.05, 0) is 11.6 Å². The molecule has 1 aliphatic rings. The van der Waals surface area contributed by atoms with E-state index in [1.54, 1.807) is 0 Å². The number of hydrogen-bond donors (Lipinski definition) is 1. The summed E-state index contributed by atoms with van der Waals surface area (Å²) in [7, 11) is 1.39. The van der Waals surface area contributed by atoms with Gasteiger partial charge in [-0.25, -0.2) is 0 Å². The third-order valence-corrected chi connectivity index (χ3v) is 5.07. The van der Waals surface area contributed by atoms with Crippen LogP contribution in [0.4, 0.5) is 5.69 Å². The van der Waals surface area contributed by atoms with Gasteiger partial charge in [0.25, 0.3) is 11.6 Å². The third kappa shape index (κ3) is 5.75. The van der Waals surface area contributed by atoms with Crippen molar-refractivity contribution in [3.63, 3.8) is 0 Å². The lowest BCUT2D eigenvalue weighted by Gasteiger charge is -2.34. The lowest BCUT2D eigenvalue weighted by Crippen LogP contribution is -2.48. The van der Waals surface area contributed by atoms with Crippen LogP contribution in [0.3, 0.4) is 0 Å². The van der Waals surface area contributed by atoms with Gasteiger partial charge in [-0.2, -0.15) is 0 Å². The smallest absolute Gasteiger partial charge is 0.273 e. The predicted octanol–water partition coefficient (Wildman–Crippen LogP) is 2.15. The molecule has 0 radical (unpaired) electrons. The number of hydrogen-bond acceptors (Lipinski definition) is 6. The van der Waals surface area contributed by atoms with Gasteiger partial charge in [0.05, 0.1) is 23.7 Å². The Hall–Kier alpha value is -2.97. The SMILES string of the molecule is COc1cc([N+](=O)[O-])ccc1C(=O)NCCN1CCN(Cc2ccccc2)CC1. The zero-order chi connectivity index (χ0) is 20.6. The summed E-state index contributed by atoms with van der Waals surface area (Å²) in [6.07, 6.45) is 0. The first-order valence-corrected chi connectivity index (χ1v) is 9.66. The van der Waals surface area contributed by atoms with Crippen molar-refractivity contribution in [2.24, 2.45) is 0 Å². The molecule has 1 fully saturated rings. The average molecular weight is 398 g/mol. The molecule has 0 aliphatic carbocycles. The van der Waals surface area contributed by atoms with Crippen LogP contribution in [-0.4, -0.2) is 67.0 Å². The molecule has 3 rings (SSSR count). The molecular formula is C21H26N4O4. The lowest BCUT2D eigenvalue weighted by atomic mass is 10.1. The standard InChI is InChI=1S/C21H26N4O4/c1-29-20-15-18(25(27)28)7-8-19(20)21(26)22-9-10-23-11-13-24(14-12-23)16-17-5-3-2-4-6-17/h2-8,15H,9-14,16H2,1H3,(H,22,26). The summed E-state index contributed by atoms with van der Waals surface area (Å²) < 4.78 is 5.13. The van der Waals surface area contributed by atoms with Gasteiger partial charge >= 0.3 is 0 Å². The van der Waals surface area contributed by atoms with Crippen LogP contribution < -0.4 is 10.1 Å². The van der Waals surface area contributed by atoms with E-state index >= 15 is 0 Å². The summed E-state index contributed by atoms with van der Waals surface area (Å²) in [6, 6.07) is 14.5. The van der Waals surface area contributed by atoms with Crippen LogP contribution in [0.25, 0.3) is 0 Å². The fourth-order valence-electron chi connectivity index (χ4n) is 3.42. The minimum Gasteiger partial charge on any atom is -0.496 e. The van der Waals surface area contributed by atoms with Crippen molar-refractivity contribution < 1.29 is 14.5 Å². The fraction of sp³-hybridized carbons (Fsp3) is 0.381. The number of methoxy groups -OCH3 is 1. The largest absolute Gasteiger partial charge is 0.496 e. The van der Waals surface area contributed by atoms with E-state index in [9.17, 15) is 14.9 Å². The van der Waals surface area contributed by atoms with E-state index in [1.165, 1.54) is 30.9 Å². The van der Waals surface area contributed by atoms with Crippen LogP contribution in [0, 0.1) is 10.1 Å². The highest BCUT2D eigenvalue weighted by atomic mass is 16.6.